The lowest BCUT2D eigenvalue weighted by atomic mass is 9.94. The third kappa shape index (κ3) is 3.37. The molecule has 1 aliphatic carbocycles. The van der Waals surface area contributed by atoms with Crippen LogP contribution in [0.1, 0.15) is 51.9 Å². The fourth-order valence-corrected chi connectivity index (χ4v) is 3.06. The van der Waals surface area contributed by atoms with Gasteiger partial charge in [0, 0.05) is 19.7 Å². The highest BCUT2D eigenvalue weighted by Gasteiger charge is 2.33. The van der Waals surface area contributed by atoms with E-state index in [-0.39, 0.29) is 11.6 Å². The van der Waals surface area contributed by atoms with Crippen LogP contribution >= 0.6 is 0 Å². The fourth-order valence-electron chi connectivity index (χ4n) is 3.06. The molecule has 2 fully saturated rings. The van der Waals surface area contributed by atoms with E-state index in [1.54, 1.807) is 7.11 Å². The molecule has 2 amide bonds. The van der Waals surface area contributed by atoms with Gasteiger partial charge >= 0.3 is 6.03 Å². The second-order valence-corrected chi connectivity index (χ2v) is 5.96. The van der Waals surface area contributed by atoms with E-state index in [4.69, 9.17) is 4.74 Å². The maximum Gasteiger partial charge on any atom is 0.317 e. The lowest BCUT2D eigenvalue weighted by molar-refractivity contribution is -0.0404. The summed E-state index contributed by atoms with van der Waals surface area (Å²) >= 11 is 0. The topological polar surface area (TPSA) is 41.6 Å². The summed E-state index contributed by atoms with van der Waals surface area (Å²) in [7, 11) is 1.74. The Morgan fingerprint density at radius 2 is 2.00 bits per heavy atom. The van der Waals surface area contributed by atoms with Crippen LogP contribution in [0.3, 0.4) is 0 Å². The lowest BCUT2D eigenvalue weighted by Crippen LogP contribution is -2.54. The van der Waals surface area contributed by atoms with E-state index in [0.717, 1.165) is 32.2 Å². The van der Waals surface area contributed by atoms with E-state index < -0.39 is 0 Å². The molecule has 18 heavy (non-hydrogen) atoms. The molecular weight excluding hydrogens is 228 g/mol. The summed E-state index contributed by atoms with van der Waals surface area (Å²) in [6.45, 7) is 3.66. The van der Waals surface area contributed by atoms with Crippen molar-refractivity contribution in [3.8, 4) is 0 Å². The number of hydrogen-bond donors (Lipinski definition) is 1. The van der Waals surface area contributed by atoms with Crippen molar-refractivity contribution in [3.05, 3.63) is 0 Å². The van der Waals surface area contributed by atoms with Crippen LogP contribution in [0.25, 0.3) is 0 Å². The molecule has 4 nitrogen and oxygen atoms in total. The SMILES string of the molecule is COC1(C)CCCN(C(=O)NC2CCCCC2)C1. The van der Waals surface area contributed by atoms with Crippen molar-refractivity contribution < 1.29 is 9.53 Å². The number of hydrogen-bond acceptors (Lipinski definition) is 2. The molecule has 1 atom stereocenters. The van der Waals surface area contributed by atoms with Gasteiger partial charge in [-0.3, -0.25) is 0 Å². The van der Waals surface area contributed by atoms with Crippen molar-refractivity contribution in [1.82, 2.24) is 10.2 Å². The van der Waals surface area contributed by atoms with Crippen LogP contribution in [-0.2, 0) is 4.74 Å². The predicted octanol–water partition coefficient (Wildman–Crippen LogP) is 2.53. The minimum atomic E-state index is -0.165. The van der Waals surface area contributed by atoms with Crippen LogP contribution in [-0.4, -0.2) is 42.8 Å². The number of carbonyl (C=O) groups is 1. The summed E-state index contributed by atoms with van der Waals surface area (Å²) in [6, 6.07) is 0.492. The summed E-state index contributed by atoms with van der Waals surface area (Å²) in [5.74, 6) is 0. The standard InChI is InChI=1S/C14H26N2O2/c1-14(18-2)9-6-10-16(11-14)13(17)15-12-7-4-3-5-8-12/h12H,3-11H2,1-2H3,(H,15,17). The van der Waals surface area contributed by atoms with Crippen molar-refractivity contribution in [3.63, 3.8) is 0 Å². The summed E-state index contributed by atoms with van der Waals surface area (Å²) in [4.78, 5) is 14.1. The minimum Gasteiger partial charge on any atom is -0.377 e. The molecule has 0 aromatic heterocycles. The minimum absolute atomic E-state index is 0.102. The van der Waals surface area contributed by atoms with Crippen molar-refractivity contribution in [2.75, 3.05) is 20.2 Å². The maximum absolute atomic E-state index is 12.2. The van der Waals surface area contributed by atoms with E-state index in [2.05, 4.69) is 12.2 Å². The molecule has 0 spiro atoms. The number of likely N-dealkylation sites (tertiary alicyclic amines) is 1. The average Bonchev–Trinajstić information content (AvgIpc) is 2.40. The molecular formula is C14H26N2O2. The zero-order chi connectivity index (χ0) is 13.0. The molecule has 0 bridgehead atoms. The molecule has 1 aliphatic heterocycles. The number of methoxy groups -OCH3 is 1. The number of urea groups is 1. The molecule has 4 heteroatoms. The van der Waals surface area contributed by atoms with Crippen LogP contribution in [0.2, 0.25) is 0 Å². The number of ether oxygens (including phenoxy) is 1. The van der Waals surface area contributed by atoms with E-state index in [1.807, 2.05) is 4.90 Å². The molecule has 1 heterocycles. The zero-order valence-corrected chi connectivity index (χ0v) is 11.7. The highest BCUT2D eigenvalue weighted by atomic mass is 16.5. The van der Waals surface area contributed by atoms with Crippen LogP contribution in [0.15, 0.2) is 0 Å². The first-order valence-electron chi connectivity index (χ1n) is 7.23. The van der Waals surface area contributed by atoms with Gasteiger partial charge in [0.05, 0.1) is 12.1 Å². The van der Waals surface area contributed by atoms with Gasteiger partial charge < -0.3 is 15.0 Å². The Morgan fingerprint density at radius 3 is 2.67 bits per heavy atom. The van der Waals surface area contributed by atoms with Crippen molar-refractivity contribution in [1.29, 1.82) is 0 Å². The van der Waals surface area contributed by atoms with Crippen molar-refractivity contribution in [2.24, 2.45) is 0 Å². The molecule has 1 saturated heterocycles. The van der Waals surface area contributed by atoms with Gasteiger partial charge in [-0.2, -0.15) is 0 Å². The molecule has 2 rings (SSSR count). The normalized spacial score (nSPS) is 30.2. The molecule has 104 valence electrons. The molecule has 1 unspecified atom stereocenters. The third-order valence-electron chi connectivity index (χ3n) is 4.37. The fraction of sp³-hybridized carbons (Fsp3) is 0.929. The number of amides is 2. The van der Waals surface area contributed by atoms with E-state index in [9.17, 15) is 4.79 Å². The maximum atomic E-state index is 12.2. The Balaban J connectivity index is 1.84. The first kappa shape index (κ1) is 13.7. The van der Waals surface area contributed by atoms with Gasteiger partial charge in [-0.1, -0.05) is 19.3 Å². The molecule has 0 aromatic rings. The van der Waals surface area contributed by atoms with E-state index in [0.29, 0.717) is 12.6 Å². The first-order valence-corrected chi connectivity index (χ1v) is 7.23. The van der Waals surface area contributed by atoms with Crippen molar-refractivity contribution in [2.45, 2.75) is 63.5 Å². The molecule has 2 aliphatic rings. The number of nitrogens with zero attached hydrogens (tertiary/aromatic N) is 1. The van der Waals surface area contributed by atoms with E-state index >= 15 is 0 Å². The summed E-state index contributed by atoms with van der Waals surface area (Å²) < 4.78 is 5.53. The summed E-state index contributed by atoms with van der Waals surface area (Å²) in [6.07, 6.45) is 8.17. The van der Waals surface area contributed by atoms with Gasteiger partial charge in [0.15, 0.2) is 0 Å². The zero-order valence-electron chi connectivity index (χ0n) is 11.7. The Hall–Kier alpha value is -0.770. The largest absolute Gasteiger partial charge is 0.377 e. The van der Waals surface area contributed by atoms with Crippen LogP contribution in [0, 0.1) is 0 Å². The van der Waals surface area contributed by atoms with Gasteiger partial charge in [0.2, 0.25) is 0 Å². The van der Waals surface area contributed by atoms with Crippen LogP contribution in [0.5, 0.6) is 0 Å². The smallest absolute Gasteiger partial charge is 0.317 e. The van der Waals surface area contributed by atoms with E-state index in [1.165, 1.54) is 19.3 Å². The van der Waals surface area contributed by atoms with Crippen molar-refractivity contribution >= 4 is 6.03 Å². The van der Waals surface area contributed by atoms with Gasteiger partial charge in [-0.05, 0) is 32.6 Å². The first-order chi connectivity index (χ1) is 8.63. The Bertz CT molecular complexity index is 290. The molecule has 1 N–H and O–H groups in total. The molecule has 0 aromatic carbocycles. The molecule has 0 radical (unpaired) electrons. The number of piperidine rings is 1. The predicted molar refractivity (Wildman–Crippen MR) is 71.6 cm³/mol. The Morgan fingerprint density at radius 1 is 1.28 bits per heavy atom. The third-order valence-corrected chi connectivity index (χ3v) is 4.37. The van der Waals surface area contributed by atoms with Gasteiger partial charge in [0.25, 0.3) is 0 Å². The Kier molecular flexibility index (Phi) is 4.49. The Labute approximate surface area is 110 Å². The monoisotopic (exact) mass is 254 g/mol. The van der Waals surface area contributed by atoms with Gasteiger partial charge in [0.1, 0.15) is 0 Å². The molecule has 1 saturated carbocycles. The second kappa shape index (κ2) is 5.91. The van der Waals surface area contributed by atoms with Gasteiger partial charge in [-0.25, -0.2) is 4.79 Å². The highest BCUT2D eigenvalue weighted by Crippen LogP contribution is 2.24. The van der Waals surface area contributed by atoms with Crippen LogP contribution < -0.4 is 5.32 Å². The second-order valence-electron chi connectivity index (χ2n) is 5.96. The lowest BCUT2D eigenvalue weighted by Gasteiger charge is -2.40. The summed E-state index contributed by atoms with van der Waals surface area (Å²) in [5.41, 5.74) is -0.165. The summed E-state index contributed by atoms with van der Waals surface area (Å²) in [5, 5.41) is 3.18. The van der Waals surface area contributed by atoms with Gasteiger partial charge in [-0.15, -0.1) is 0 Å². The average molecular weight is 254 g/mol. The number of rotatable bonds is 2. The quantitative estimate of drug-likeness (QED) is 0.822. The highest BCUT2D eigenvalue weighted by molar-refractivity contribution is 5.74. The van der Waals surface area contributed by atoms with Crippen LogP contribution in [0.4, 0.5) is 4.79 Å². The number of carbonyl (C=O) groups excluding carboxylic acids is 1. The number of nitrogens with one attached hydrogen (secondary N) is 1.